The molecule has 0 bridgehead atoms. The summed E-state index contributed by atoms with van der Waals surface area (Å²) in [4.78, 5) is 18.6. The third kappa shape index (κ3) is 3.45. The fourth-order valence-corrected chi connectivity index (χ4v) is 3.57. The van der Waals surface area contributed by atoms with E-state index >= 15 is 0 Å². The monoisotopic (exact) mass is 368 g/mol. The van der Waals surface area contributed by atoms with Gasteiger partial charge in [-0.25, -0.2) is 12.7 Å². The number of rotatable bonds is 4. The third-order valence-corrected chi connectivity index (χ3v) is 5.84. The van der Waals surface area contributed by atoms with E-state index in [4.69, 9.17) is 8.94 Å². The summed E-state index contributed by atoms with van der Waals surface area (Å²) in [5.41, 5.74) is 0.211. The molecule has 3 heterocycles. The first kappa shape index (κ1) is 17.6. The van der Waals surface area contributed by atoms with E-state index in [1.54, 1.807) is 11.8 Å². The number of piperidine rings is 1. The van der Waals surface area contributed by atoms with Gasteiger partial charge in [-0.2, -0.15) is 4.98 Å². The number of aryl methyl sites for hydroxylation is 1. The summed E-state index contributed by atoms with van der Waals surface area (Å²) in [6, 6.07) is 1.26. The van der Waals surface area contributed by atoms with Crippen molar-refractivity contribution >= 4 is 15.9 Å². The summed E-state index contributed by atoms with van der Waals surface area (Å²) in [6.07, 6.45) is 2.84. The van der Waals surface area contributed by atoms with Crippen LogP contribution in [0.25, 0.3) is 0 Å². The number of sulfonamides is 1. The van der Waals surface area contributed by atoms with E-state index in [0.717, 1.165) is 17.1 Å². The lowest BCUT2D eigenvalue weighted by Crippen LogP contribution is -2.39. The van der Waals surface area contributed by atoms with Crippen LogP contribution in [0, 0.1) is 6.92 Å². The average molecular weight is 368 g/mol. The lowest BCUT2D eigenvalue weighted by molar-refractivity contribution is 0.0695. The number of hydrogen-bond acceptors (Lipinski definition) is 7. The van der Waals surface area contributed by atoms with Crippen molar-refractivity contribution in [2.75, 3.05) is 27.2 Å². The van der Waals surface area contributed by atoms with Crippen LogP contribution >= 0.6 is 0 Å². The topological polar surface area (TPSA) is 110 Å². The maximum absolute atomic E-state index is 12.7. The van der Waals surface area contributed by atoms with Crippen LogP contribution in [0.15, 0.2) is 26.4 Å². The van der Waals surface area contributed by atoms with E-state index in [1.807, 2.05) is 0 Å². The van der Waals surface area contributed by atoms with Gasteiger partial charge in [-0.05, 0) is 19.8 Å². The van der Waals surface area contributed by atoms with E-state index in [-0.39, 0.29) is 22.5 Å². The summed E-state index contributed by atoms with van der Waals surface area (Å²) in [5, 5.41) is 3.54. The summed E-state index contributed by atoms with van der Waals surface area (Å²) < 4.78 is 35.5. The third-order valence-electron chi connectivity index (χ3n) is 4.16. The second kappa shape index (κ2) is 6.60. The standard InChI is InChI=1S/C15H20N4O5S/c1-10-16-14(24-17-10)11-5-4-6-19(8-11)15(20)12-7-13(23-9-12)25(21,22)18(2)3/h7,9,11H,4-6,8H2,1-3H3. The van der Waals surface area contributed by atoms with E-state index < -0.39 is 10.0 Å². The molecule has 1 saturated heterocycles. The molecule has 0 radical (unpaired) electrons. The van der Waals surface area contributed by atoms with Gasteiger partial charge in [-0.3, -0.25) is 4.79 Å². The van der Waals surface area contributed by atoms with Crippen LogP contribution in [0.3, 0.4) is 0 Å². The van der Waals surface area contributed by atoms with Crippen molar-refractivity contribution in [3.05, 3.63) is 29.6 Å². The molecule has 25 heavy (non-hydrogen) atoms. The maximum atomic E-state index is 12.7. The minimum atomic E-state index is -3.71. The van der Waals surface area contributed by atoms with Gasteiger partial charge >= 0.3 is 0 Å². The van der Waals surface area contributed by atoms with Crippen molar-refractivity contribution in [1.29, 1.82) is 0 Å². The number of aromatic nitrogens is 2. The van der Waals surface area contributed by atoms with Crippen molar-refractivity contribution in [3.63, 3.8) is 0 Å². The Hall–Kier alpha value is -2.20. The number of hydrogen-bond donors (Lipinski definition) is 0. The molecule has 1 atom stereocenters. The van der Waals surface area contributed by atoms with Crippen LogP contribution < -0.4 is 0 Å². The van der Waals surface area contributed by atoms with E-state index in [1.165, 1.54) is 26.4 Å². The summed E-state index contributed by atoms with van der Waals surface area (Å²) in [6.45, 7) is 2.78. The Bertz CT molecular complexity index is 870. The van der Waals surface area contributed by atoms with Crippen molar-refractivity contribution in [1.82, 2.24) is 19.3 Å². The van der Waals surface area contributed by atoms with Gasteiger partial charge in [0.15, 0.2) is 5.82 Å². The number of likely N-dealkylation sites (tertiary alicyclic amines) is 1. The summed E-state index contributed by atoms with van der Waals surface area (Å²) in [7, 11) is -0.901. The number of furan rings is 1. The van der Waals surface area contributed by atoms with Crippen molar-refractivity contribution < 1.29 is 22.2 Å². The quantitative estimate of drug-likeness (QED) is 0.798. The normalized spacial score (nSPS) is 18.7. The van der Waals surface area contributed by atoms with Crippen LogP contribution in [-0.2, 0) is 10.0 Å². The summed E-state index contributed by atoms with van der Waals surface area (Å²) >= 11 is 0. The molecule has 1 unspecified atom stereocenters. The average Bonchev–Trinajstić information content (AvgIpc) is 3.23. The highest BCUT2D eigenvalue weighted by Gasteiger charge is 2.30. The van der Waals surface area contributed by atoms with Gasteiger partial charge in [-0.15, -0.1) is 0 Å². The van der Waals surface area contributed by atoms with Gasteiger partial charge in [-0.1, -0.05) is 5.16 Å². The van der Waals surface area contributed by atoms with E-state index in [9.17, 15) is 13.2 Å². The molecule has 9 nitrogen and oxygen atoms in total. The van der Waals surface area contributed by atoms with Crippen LogP contribution in [0.5, 0.6) is 0 Å². The first-order valence-electron chi connectivity index (χ1n) is 7.89. The molecule has 1 aliphatic heterocycles. The zero-order valence-corrected chi connectivity index (χ0v) is 15.1. The molecule has 10 heteroatoms. The molecule has 2 aromatic heterocycles. The maximum Gasteiger partial charge on any atom is 0.275 e. The zero-order chi connectivity index (χ0) is 18.2. The molecule has 0 aliphatic carbocycles. The first-order valence-corrected chi connectivity index (χ1v) is 9.33. The highest BCUT2D eigenvalue weighted by Crippen LogP contribution is 2.27. The van der Waals surface area contributed by atoms with E-state index in [2.05, 4.69) is 10.1 Å². The SMILES string of the molecule is Cc1noc(C2CCCN(C(=O)c3coc(S(=O)(=O)N(C)C)c3)C2)n1. The number of nitrogens with zero attached hydrogens (tertiary/aromatic N) is 4. The Morgan fingerprint density at radius 2 is 2.16 bits per heavy atom. The van der Waals surface area contributed by atoms with Crippen molar-refractivity contribution in [2.45, 2.75) is 30.8 Å². The lowest BCUT2D eigenvalue weighted by Gasteiger charge is -2.30. The molecule has 3 rings (SSSR count). The number of carbonyl (C=O) groups is 1. The van der Waals surface area contributed by atoms with E-state index in [0.29, 0.717) is 24.8 Å². The minimum Gasteiger partial charge on any atom is -0.451 e. The molecule has 1 amide bonds. The lowest BCUT2D eigenvalue weighted by atomic mass is 9.97. The van der Waals surface area contributed by atoms with Crippen LogP contribution in [0.2, 0.25) is 0 Å². The highest BCUT2D eigenvalue weighted by molar-refractivity contribution is 7.88. The molecule has 1 aliphatic rings. The zero-order valence-electron chi connectivity index (χ0n) is 14.3. The predicted molar refractivity (Wildman–Crippen MR) is 86.5 cm³/mol. The van der Waals surface area contributed by atoms with Crippen molar-refractivity contribution in [2.24, 2.45) is 0 Å². The fraction of sp³-hybridized carbons (Fsp3) is 0.533. The first-order chi connectivity index (χ1) is 11.8. The van der Waals surface area contributed by atoms with Crippen molar-refractivity contribution in [3.8, 4) is 0 Å². The summed E-state index contributed by atoms with van der Waals surface area (Å²) in [5.74, 6) is 0.797. The second-order valence-corrected chi connectivity index (χ2v) is 8.29. The molecule has 0 saturated carbocycles. The predicted octanol–water partition coefficient (Wildman–Crippen LogP) is 1.24. The number of carbonyl (C=O) groups excluding carboxylic acids is 1. The van der Waals surface area contributed by atoms with Gasteiger partial charge in [0.2, 0.25) is 11.0 Å². The molecule has 0 aromatic carbocycles. The van der Waals surface area contributed by atoms with Gasteiger partial charge in [0.05, 0.1) is 11.5 Å². The molecule has 2 aromatic rings. The Labute approximate surface area is 145 Å². The Balaban J connectivity index is 1.76. The van der Waals surface area contributed by atoms with Crippen LogP contribution in [0.4, 0.5) is 0 Å². The van der Waals surface area contributed by atoms with Gasteiger partial charge in [0.25, 0.3) is 15.9 Å². The Morgan fingerprint density at radius 3 is 2.80 bits per heavy atom. The van der Waals surface area contributed by atoms with Gasteiger partial charge < -0.3 is 13.8 Å². The Kier molecular flexibility index (Phi) is 4.65. The minimum absolute atomic E-state index is 0.0178. The molecule has 0 N–H and O–H groups in total. The molecular formula is C15H20N4O5S. The molecule has 136 valence electrons. The molecule has 1 fully saturated rings. The molecular weight excluding hydrogens is 348 g/mol. The van der Waals surface area contributed by atoms with Gasteiger partial charge in [0.1, 0.15) is 6.26 Å². The number of amides is 1. The fourth-order valence-electron chi connectivity index (χ4n) is 2.77. The highest BCUT2D eigenvalue weighted by atomic mass is 32.2. The van der Waals surface area contributed by atoms with Crippen LogP contribution in [0.1, 0.15) is 40.8 Å². The smallest absolute Gasteiger partial charge is 0.275 e. The molecule has 0 spiro atoms. The van der Waals surface area contributed by atoms with Crippen LogP contribution in [-0.4, -0.2) is 60.9 Å². The second-order valence-electron chi connectivity index (χ2n) is 6.21. The Morgan fingerprint density at radius 1 is 1.40 bits per heavy atom. The largest absolute Gasteiger partial charge is 0.451 e. The van der Waals surface area contributed by atoms with Gasteiger partial charge in [0, 0.05) is 33.3 Å².